The minimum Gasteiger partial charge on any atom is -0.476 e. The van der Waals surface area contributed by atoms with Crippen LogP contribution in [0.5, 0.6) is 0 Å². The van der Waals surface area contributed by atoms with Gasteiger partial charge in [0.25, 0.3) is 0 Å². The minimum absolute atomic E-state index is 0.104. The molecule has 1 aromatic heterocycles. The Hall–Kier alpha value is -2.25. The Morgan fingerprint density at radius 3 is 2.62 bits per heavy atom. The molecule has 1 atom stereocenters. The molecule has 0 aliphatic rings. The number of rotatable bonds is 6. The van der Waals surface area contributed by atoms with E-state index in [1.807, 2.05) is 18.2 Å². The Morgan fingerprint density at radius 1 is 1.38 bits per heavy atom. The Kier molecular flexibility index (Phi) is 4.35. The monoisotopic (exact) mass is 290 g/mol. The van der Waals surface area contributed by atoms with Crippen molar-refractivity contribution in [1.29, 1.82) is 0 Å². The van der Waals surface area contributed by atoms with Gasteiger partial charge in [-0.15, -0.1) is 5.10 Å². The van der Waals surface area contributed by atoms with Crippen LogP contribution in [-0.2, 0) is 18.6 Å². The highest BCUT2D eigenvalue weighted by Gasteiger charge is 2.27. The second-order valence-electron chi connectivity index (χ2n) is 5.03. The minimum atomic E-state index is -1.19. The summed E-state index contributed by atoms with van der Waals surface area (Å²) in [4.78, 5) is 11.1. The molecule has 7 nitrogen and oxygen atoms in total. The molecule has 21 heavy (non-hydrogen) atoms. The number of benzene rings is 1. The summed E-state index contributed by atoms with van der Waals surface area (Å²) in [6.45, 7) is 2.03. The second-order valence-corrected chi connectivity index (χ2v) is 5.03. The van der Waals surface area contributed by atoms with Gasteiger partial charge in [-0.05, 0) is 19.0 Å². The van der Waals surface area contributed by atoms with Crippen LogP contribution in [0.15, 0.2) is 30.3 Å². The summed E-state index contributed by atoms with van der Waals surface area (Å²) in [6.07, 6.45) is 0.333. The fraction of sp³-hybridized carbons (Fsp3) is 0.357. The smallest absolute Gasteiger partial charge is 0.358 e. The largest absolute Gasteiger partial charge is 0.476 e. The molecule has 1 unspecified atom stereocenters. The number of carboxylic acid groups (broad SMARTS) is 1. The molecule has 112 valence electrons. The van der Waals surface area contributed by atoms with Crippen LogP contribution in [0.2, 0.25) is 0 Å². The van der Waals surface area contributed by atoms with Gasteiger partial charge in [0.2, 0.25) is 0 Å². The van der Waals surface area contributed by atoms with E-state index in [1.165, 1.54) is 4.68 Å². The van der Waals surface area contributed by atoms with E-state index in [-0.39, 0.29) is 18.8 Å². The summed E-state index contributed by atoms with van der Waals surface area (Å²) >= 11 is 0. The standard InChI is InChI=1S/C14H18N4O3/c1-14(21,10-5-3-2-4-6-10)9-18-11(7-8-15)12(13(19)20)16-17-18/h2-6,21H,7-9,15H2,1H3,(H,19,20). The molecule has 0 aliphatic heterocycles. The lowest BCUT2D eigenvalue weighted by molar-refractivity contribution is 0.0331. The molecule has 0 aliphatic carbocycles. The van der Waals surface area contributed by atoms with Crippen LogP contribution in [-0.4, -0.2) is 37.7 Å². The lowest BCUT2D eigenvalue weighted by Gasteiger charge is -2.24. The van der Waals surface area contributed by atoms with Gasteiger partial charge in [0.1, 0.15) is 5.60 Å². The maximum absolute atomic E-state index is 11.1. The third-order valence-corrected chi connectivity index (χ3v) is 3.27. The molecule has 0 saturated carbocycles. The zero-order valence-corrected chi connectivity index (χ0v) is 11.7. The number of aromatic carboxylic acids is 1. The number of carbonyl (C=O) groups is 1. The van der Waals surface area contributed by atoms with E-state index in [1.54, 1.807) is 19.1 Å². The van der Waals surface area contributed by atoms with Crippen molar-refractivity contribution in [3.63, 3.8) is 0 Å². The van der Waals surface area contributed by atoms with E-state index in [2.05, 4.69) is 10.3 Å². The maximum Gasteiger partial charge on any atom is 0.358 e. The van der Waals surface area contributed by atoms with Crippen LogP contribution < -0.4 is 5.73 Å². The van der Waals surface area contributed by atoms with Crippen molar-refractivity contribution in [2.45, 2.75) is 25.5 Å². The Morgan fingerprint density at radius 2 is 2.05 bits per heavy atom. The third-order valence-electron chi connectivity index (χ3n) is 3.27. The molecule has 4 N–H and O–H groups in total. The molecule has 1 heterocycles. The van der Waals surface area contributed by atoms with Gasteiger partial charge < -0.3 is 15.9 Å². The molecule has 0 radical (unpaired) electrons. The maximum atomic E-state index is 11.1. The van der Waals surface area contributed by atoms with Gasteiger partial charge in [-0.25, -0.2) is 9.48 Å². The number of nitrogens with two attached hydrogens (primary N) is 1. The summed E-state index contributed by atoms with van der Waals surface area (Å²) < 4.78 is 1.41. The Bertz CT molecular complexity index is 622. The highest BCUT2D eigenvalue weighted by atomic mass is 16.4. The van der Waals surface area contributed by atoms with Gasteiger partial charge in [-0.1, -0.05) is 35.5 Å². The predicted octanol–water partition coefficient (Wildman–Crippen LogP) is 0.385. The van der Waals surface area contributed by atoms with Crippen LogP contribution >= 0.6 is 0 Å². The summed E-state index contributed by atoms with van der Waals surface area (Å²) in [5.41, 5.74) is 5.34. The fourth-order valence-corrected chi connectivity index (χ4v) is 2.19. The normalized spacial score (nSPS) is 13.9. The van der Waals surface area contributed by atoms with E-state index >= 15 is 0 Å². The summed E-state index contributed by atoms with van der Waals surface area (Å²) in [7, 11) is 0. The van der Waals surface area contributed by atoms with Crippen LogP contribution in [0.1, 0.15) is 28.7 Å². The summed E-state index contributed by atoms with van der Waals surface area (Å²) in [5, 5.41) is 27.2. The average Bonchev–Trinajstić information content (AvgIpc) is 2.83. The van der Waals surface area contributed by atoms with Crippen molar-refractivity contribution in [2.24, 2.45) is 5.73 Å². The number of hydrogen-bond donors (Lipinski definition) is 3. The highest BCUT2D eigenvalue weighted by molar-refractivity contribution is 5.86. The zero-order valence-electron chi connectivity index (χ0n) is 11.7. The second kappa shape index (κ2) is 6.02. The topological polar surface area (TPSA) is 114 Å². The van der Waals surface area contributed by atoms with E-state index in [9.17, 15) is 9.90 Å². The first-order chi connectivity index (χ1) is 9.95. The first-order valence-electron chi connectivity index (χ1n) is 6.59. The number of hydrogen-bond acceptors (Lipinski definition) is 5. The Labute approximate surface area is 122 Å². The first-order valence-corrected chi connectivity index (χ1v) is 6.59. The Balaban J connectivity index is 2.33. The fourth-order valence-electron chi connectivity index (χ4n) is 2.19. The first kappa shape index (κ1) is 15.1. The van der Waals surface area contributed by atoms with Gasteiger partial charge in [-0.3, -0.25) is 0 Å². The average molecular weight is 290 g/mol. The predicted molar refractivity (Wildman–Crippen MR) is 75.8 cm³/mol. The zero-order chi connectivity index (χ0) is 15.5. The molecule has 0 amide bonds. The van der Waals surface area contributed by atoms with Gasteiger partial charge in [0, 0.05) is 6.42 Å². The van der Waals surface area contributed by atoms with Crippen molar-refractivity contribution in [3.8, 4) is 0 Å². The summed E-state index contributed by atoms with van der Waals surface area (Å²) in [5.74, 6) is -1.15. The van der Waals surface area contributed by atoms with Crippen molar-refractivity contribution in [3.05, 3.63) is 47.3 Å². The van der Waals surface area contributed by atoms with Crippen LogP contribution in [0.3, 0.4) is 0 Å². The lowest BCUT2D eigenvalue weighted by atomic mass is 9.96. The molecule has 0 saturated heterocycles. The van der Waals surface area contributed by atoms with E-state index in [0.717, 1.165) is 5.56 Å². The van der Waals surface area contributed by atoms with Gasteiger partial charge in [0.15, 0.2) is 5.69 Å². The molecule has 7 heteroatoms. The van der Waals surface area contributed by atoms with Crippen molar-refractivity contribution >= 4 is 5.97 Å². The van der Waals surface area contributed by atoms with Crippen molar-refractivity contribution in [2.75, 3.05) is 6.54 Å². The molecule has 0 fully saturated rings. The van der Waals surface area contributed by atoms with Crippen LogP contribution in [0.25, 0.3) is 0 Å². The number of aliphatic hydroxyl groups is 1. The number of aromatic nitrogens is 3. The quantitative estimate of drug-likeness (QED) is 0.709. The molecule has 0 spiro atoms. The number of nitrogens with zero attached hydrogens (tertiary/aromatic N) is 3. The van der Waals surface area contributed by atoms with Gasteiger partial charge >= 0.3 is 5.97 Å². The summed E-state index contributed by atoms with van der Waals surface area (Å²) in [6, 6.07) is 9.12. The number of carboxylic acids is 1. The van der Waals surface area contributed by atoms with E-state index in [4.69, 9.17) is 10.8 Å². The van der Waals surface area contributed by atoms with Crippen molar-refractivity contribution in [1.82, 2.24) is 15.0 Å². The third kappa shape index (κ3) is 3.26. The highest BCUT2D eigenvalue weighted by Crippen LogP contribution is 2.23. The molecule has 0 bridgehead atoms. The van der Waals surface area contributed by atoms with Crippen LogP contribution in [0.4, 0.5) is 0 Å². The molecular formula is C14H18N4O3. The van der Waals surface area contributed by atoms with Gasteiger partial charge in [-0.2, -0.15) is 0 Å². The lowest BCUT2D eigenvalue weighted by Crippen LogP contribution is -2.29. The molecule has 2 aromatic rings. The SMILES string of the molecule is CC(O)(Cn1nnc(C(=O)O)c1CCN)c1ccccc1. The van der Waals surface area contributed by atoms with E-state index < -0.39 is 11.6 Å². The van der Waals surface area contributed by atoms with Gasteiger partial charge in [0.05, 0.1) is 12.2 Å². The molecular weight excluding hydrogens is 272 g/mol. The molecule has 1 aromatic carbocycles. The van der Waals surface area contributed by atoms with Crippen LogP contribution in [0, 0.1) is 0 Å². The molecule has 2 rings (SSSR count). The van der Waals surface area contributed by atoms with E-state index in [0.29, 0.717) is 12.1 Å². The van der Waals surface area contributed by atoms with Crippen molar-refractivity contribution < 1.29 is 15.0 Å².